The van der Waals surface area contributed by atoms with Crippen molar-refractivity contribution in [2.45, 2.75) is 38.1 Å². The maximum atomic E-state index is 12.1. The Kier molecular flexibility index (Phi) is 3.92. The fraction of sp³-hybridized carbons (Fsp3) is 0.562. The molecule has 3 N–H and O–H groups in total. The number of carbonyl (C=O) groups is 1. The number of benzene rings is 1. The van der Waals surface area contributed by atoms with Crippen LogP contribution < -0.4 is 11.1 Å². The number of amides is 1. The van der Waals surface area contributed by atoms with E-state index in [0.717, 1.165) is 18.2 Å². The number of nitrogen functional groups attached to an aromatic ring is 1. The average Bonchev–Trinajstić information content (AvgIpc) is 2.85. The second-order valence-electron chi connectivity index (χ2n) is 6.04. The molecule has 2 unspecified atom stereocenters. The molecular formula is C16H23N3O. The Bertz CT molecular complexity index is 471. The number of fused-ring (bicyclic) bond motifs is 1. The van der Waals surface area contributed by atoms with Gasteiger partial charge in [-0.2, -0.15) is 0 Å². The molecule has 1 saturated heterocycles. The van der Waals surface area contributed by atoms with E-state index in [0.29, 0.717) is 18.3 Å². The fourth-order valence-electron chi connectivity index (χ4n) is 3.65. The molecule has 4 heteroatoms. The fourth-order valence-corrected chi connectivity index (χ4v) is 3.65. The summed E-state index contributed by atoms with van der Waals surface area (Å²) >= 11 is 0. The minimum absolute atomic E-state index is 0.0843. The average molecular weight is 273 g/mol. The number of hydrogen-bond donors (Lipinski definition) is 2. The van der Waals surface area contributed by atoms with Gasteiger partial charge in [-0.25, -0.2) is 0 Å². The van der Waals surface area contributed by atoms with Crippen LogP contribution in [0.1, 0.15) is 32.1 Å². The quantitative estimate of drug-likeness (QED) is 0.832. The molecule has 0 radical (unpaired) electrons. The Hall–Kier alpha value is -1.55. The Morgan fingerprint density at radius 2 is 1.95 bits per heavy atom. The first-order valence-electron chi connectivity index (χ1n) is 7.62. The first-order chi connectivity index (χ1) is 9.72. The van der Waals surface area contributed by atoms with E-state index in [1.807, 2.05) is 24.3 Å². The van der Waals surface area contributed by atoms with E-state index in [1.54, 1.807) is 0 Å². The summed E-state index contributed by atoms with van der Waals surface area (Å²) in [4.78, 5) is 14.5. The number of nitrogens with one attached hydrogen (secondary N) is 1. The molecule has 1 aromatic carbocycles. The molecule has 2 fully saturated rings. The molecule has 0 aromatic heterocycles. The smallest absolute Gasteiger partial charge is 0.238 e. The van der Waals surface area contributed by atoms with Crippen LogP contribution in [-0.4, -0.2) is 29.9 Å². The van der Waals surface area contributed by atoms with E-state index in [4.69, 9.17) is 5.73 Å². The summed E-state index contributed by atoms with van der Waals surface area (Å²) in [5, 5.41) is 2.96. The lowest BCUT2D eigenvalue weighted by Gasteiger charge is -2.31. The second kappa shape index (κ2) is 5.83. The van der Waals surface area contributed by atoms with Gasteiger partial charge < -0.3 is 11.1 Å². The summed E-state index contributed by atoms with van der Waals surface area (Å²) in [5.74, 6) is 0.911. The minimum atomic E-state index is 0.0843. The van der Waals surface area contributed by atoms with Gasteiger partial charge in [-0.1, -0.05) is 12.8 Å². The predicted octanol–water partition coefficient (Wildman–Crippen LogP) is 2.47. The van der Waals surface area contributed by atoms with Crippen molar-refractivity contribution in [3.05, 3.63) is 24.3 Å². The largest absolute Gasteiger partial charge is 0.399 e. The number of carbonyl (C=O) groups excluding carboxylic acids is 1. The third kappa shape index (κ3) is 2.96. The highest BCUT2D eigenvalue weighted by atomic mass is 16.2. The normalized spacial score (nSPS) is 26.2. The van der Waals surface area contributed by atoms with E-state index in [-0.39, 0.29) is 5.91 Å². The van der Waals surface area contributed by atoms with Gasteiger partial charge in [0.15, 0.2) is 0 Å². The maximum Gasteiger partial charge on any atom is 0.238 e. The molecule has 3 rings (SSSR count). The van der Waals surface area contributed by atoms with E-state index in [1.165, 1.54) is 32.1 Å². The second-order valence-corrected chi connectivity index (χ2v) is 6.04. The molecule has 108 valence electrons. The predicted molar refractivity (Wildman–Crippen MR) is 81.4 cm³/mol. The van der Waals surface area contributed by atoms with Gasteiger partial charge in [0.25, 0.3) is 0 Å². The van der Waals surface area contributed by atoms with Gasteiger partial charge in [-0.05, 0) is 56.0 Å². The van der Waals surface area contributed by atoms with Crippen LogP contribution >= 0.6 is 0 Å². The first kappa shape index (κ1) is 13.4. The lowest BCUT2D eigenvalue weighted by atomic mass is 9.85. The number of anilines is 2. The van der Waals surface area contributed by atoms with Gasteiger partial charge in [-0.15, -0.1) is 0 Å². The molecule has 1 aromatic rings. The van der Waals surface area contributed by atoms with E-state index in [2.05, 4.69) is 10.2 Å². The van der Waals surface area contributed by atoms with Crippen molar-refractivity contribution < 1.29 is 4.79 Å². The summed E-state index contributed by atoms with van der Waals surface area (Å²) in [7, 11) is 0. The molecule has 1 amide bonds. The Morgan fingerprint density at radius 1 is 1.20 bits per heavy atom. The van der Waals surface area contributed by atoms with Crippen LogP contribution in [0.3, 0.4) is 0 Å². The van der Waals surface area contributed by atoms with Gasteiger partial charge in [0, 0.05) is 17.4 Å². The topological polar surface area (TPSA) is 58.4 Å². The number of nitrogens with two attached hydrogens (primary N) is 1. The summed E-state index contributed by atoms with van der Waals surface area (Å²) in [6, 6.07) is 7.95. The molecule has 1 aliphatic carbocycles. The lowest BCUT2D eigenvalue weighted by Crippen LogP contribution is -2.39. The molecule has 1 saturated carbocycles. The molecule has 0 spiro atoms. The van der Waals surface area contributed by atoms with E-state index < -0.39 is 0 Å². The van der Waals surface area contributed by atoms with Gasteiger partial charge in [0.2, 0.25) is 5.91 Å². The summed E-state index contributed by atoms with van der Waals surface area (Å²) in [5.41, 5.74) is 7.18. The minimum Gasteiger partial charge on any atom is -0.399 e. The highest BCUT2D eigenvalue weighted by Crippen LogP contribution is 2.35. The van der Waals surface area contributed by atoms with Crippen LogP contribution in [0, 0.1) is 5.92 Å². The van der Waals surface area contributed by atoms with Gasteiger partial charge >= 0.3 is 0 Å². The van der Waals surface area contributed by atoms with Crippen LogP contribution in [-0.2, 0) is 4.79 Å². The molecule has 20 heavy (non-hydrogen) atoms. The summed E-state index contributed by atoms with van der Waals surface area (Å²) in [6.07, 6.45) is 6.56. The molecule has 1 heterocycles. The zero-order chi connectivity index (χ0) is 13.9. The summed E-state index contributed by atoms with van der Waals surface area (Å²) in [6.45, 7) is 1.59. The lowest BCUT2D eigenvalue weighted by molar-refractivity contribution is -0.117. The van der Waals surface area contributed by atoms with Gasteiger partial charge in [0.05, 0.1) is 6.54 Å². The van der Waals surface area contributed by atoms with Crippen LogP contribution in [0.25, 0.3) is 0 Å². The standard InChI is InChI=1S/C16H23N3O/c17-13-5-7-14(8-6-13)18-16(20)11-19-10-9-12-3-1-2-4-15(12)19/h5-8,12,15H,1-4,9-11,17H2,(H,18,20). The Balaban J connectivity index is 1.55. The molecule has 4 nitrogen and oxygen atoms in total. The third-order valence-electron chi connectivity index (χ3n) is 4.67. The summed E-state index contributed by atoms with van der Waals surface area (Å²) < 4.78 is 0. The van der Waals surface area contributed by atoms with Gasteiger partial charge in [0.1, 0.15) is 0 Å². The third-order valence-corrected chi connectivity index (χ3v) is 4.67. The van der Waals surface area contributed by atoms with E-state index >= 15 is 0 Å². The molecule has 2 atom stereocenters. The van der Waals surface area contributed by atoms with Crippen LogP contribution in [0.5, 0.6) is 0 Å². The molecular weight excluding hydrogens is 250 g/mol. The highest BCUT2D eigenvalue weighted by molar-refractivity contribution is 5.92. The van der Waals surface area contributed by atoms with Crippen LogP contribution in [0.4, 0.5) is 11.4 Å². The van der Waals surface area contributed by atoms with Crippen molar-refractivity contribution >= 4 is 17.3 Å². The highest BCUT2D eigenvalue weighted by Gasteiger charge is 2.36. The van der Waals surface area contributed by atoms with Crippen molar-refractivity contribution in [2.75, 3.05) is 24.1 Å². The van der Waals surface area contributed by atoms with Crippen molar-refractivity contribution in [2.24, 2.45) is 5.92 Å². The van der Waals surface area contributed by atoms with Crippen molar-refractivity contribution in [1.82, 2.24) is 4.90 Å². The zero-order valence-electron chi connectivity index (χ0n) is 11.8. The molecule has 0 bridgehead atoms. The molecule has 1 aliphatic heterocycles. The molecule has 2 aliphatic rings. The Labute approximate surface area is 120 Å². The monoisotopic (exact) mass is 273 g/mol. The Morgan fingerprint density at radius 3 is 2.75 bits per heavy atom. The first-order valence-corrected chi connectivity index (χ1v) is 7.62. The number of hydrogen-bond acceptors (Lipinski definition) is 3. The van der Waals surface area contributed by atoms with Gasteiger partial charge in [-0.3, -0.25) is 9.69 Å². The number of rotatable bonds is 3. The van der Waals surface area contributed by atoms with E-state index in [9.17, 15) is 4.79 Å². The SMILES string of the molecule is Nc1ccc(NC(=O)CN2CCC3CCCCC32)cc1. The van der Waals surface area contributed by atoms with Crippen molar-refractivity contribution in [1.29, 1.82) is 0 Å². The van der Waals surface area contributed by atoms with Crippen molar-refractivity contribution in [3.63, 3.8) is 0 Å². The maximum absolute atomic E-state index is 12.1. The number of likely N-dealkylation sites (tertiary alicyclic amines) is 1. The number of nitrogens with zero attached hydrogens (tertiary/aromatic N) is 1. The van der Waals surface area contributed by atoms with Crippen LogP contribution in [0.2, 0.25) is 0 Å². The van der Waals surface area contributed by atoms with Crippen LogP contribution in [0.15, 0.2) is 24.3 Å². The van der Waals surface area contributed by atoms with Crippen molar-refractivity contribution in [3.8, 4) is 0 Å². The zero-order valence-corrected chi connectivity index (χ0v) is 11.8.